The second-order valence-electron chi connectivity index (χ2n) is 3.52. The quantitative estimate of drug-likeness (QED) is 0.495. The lowest BCUT2D eigenvalue weighted by Gasteiger charge is -2.06. The molecule has 0 radical (unpaired) electrons. The lowest BCUT2D eigenvalue weighted by molar-refractivity contribution is -0.137. The summed E-state index contributed by atoms with van der Waals surface area (Å²) in [6.45, 7) is 3.38. The van der Waals surface area contributed by atoms with Crippen molar-refractivity contribution in [1.29, 1.82) is 0 Å². The fourth-order valence-electron chi connectivity index (χ4n) is 0.914. The van der Waals surface area contributed by atoms with Crippen LogP contribution in [0.1, 0.15) is 13.8 Å². The van der Waals surface area contributed by atoms with Crippen molar-refractivity contribution in [2.45, 2.75) is 18.7 Å². The summed E-state index contributed by atoms with van der Waals surface area (Å²) in [4.78, 5) is 11.0. The Morgan fingerprint density at radius 1 is 1.25 bits per heavy atom. The van der Waals surface area contributed by atoms with Crippen LogP contribution in [0, 0.1) is 5.92 Å². The van der Waals surface area contributed by atoms with E-state index in [-0.39, 0.29) is 16.6 Å². The molecule has 0 aliphatic rings. The van der Waals surface area contributed by atoms with Gasteiger partial charge in [-0.2, -0.15) is 8.42 Å². The number of carbonyl (C=O) groups excluding carboxylic acids is 1. The summed E-state index contributed by atoms with van der Waals surface area (Å²) >= 11 is 0. The molecule has 0 saturated carbocycles. The SMILES string of the molecule is CC(C)C(=O)Oc1ccc(S(=O)(=O)O)cc1. The van der Waals surface area contributed by atoms with E-state index in [0.717, 1.165) is 12.1 Å². The molecule has 88 valence electrons. The van der Waals surface area contributed by atoms with Gasteiger partial charge in [-0.05, 0) is 24.3 Å². The predicted octanol–water partition coefficient (Wildman–Crippen LogP) is 1.49. The van der Waals surface area contributed by atoms with Crippen molar-refractivity contribution in [3.63, 3.8) is 0 Å². The van der Waals surface area contributed by atoms with Crippen LogP contribution in [0.3, 0.4) is 0 Å². The van der Waals surface area contributed by atoms with Crippen LogP contribution in [0.15, 0.2) is 29.2 Å². The number of carbonyl (C=O) groups is 1. The monoisotopic (exact) mass is 244 g/mol. The molecule has 5 nitrogen and oxygen atoms in total. The number of ether oxygens (including phenoxy) is 1. The van der Waals surface area contributed by atoms with E-state index in [0.29, 0.717) is 0 Å². The Hall–Kier alpha value is -1.40. The zero-order chi connectivity index (χ0) is 12.3. The highest BCUT2D eigenvalue weighted by atomic mass is 32.2. The average molecular weight is 244 g/mol. The highest BCUT2D eigenvalue weighted by Crippen LogP contribution is 2.16. The van der Waals surface area contributed by atoms with E-state index in [1.54, 1.807) is 13.8 Å². The second kappa shape index (κ2) is 4.63. The number of hydrogen-bond donors (Lipinski definition) is 1. The summed E-state index contributed by atoms with van der Waals surface area (Å²) in [7, 11) is -4.20. The smallest absolute Gasteiger partial charge is 0.313 e. The summed E-state index contributed by atoms with van der Waals surface area (Å²) in [6.07, 6.45) is 0. The predicted molar refractivity (Wildman–Crippen MR) is 56.7 cm³/mol. The molecule has 1 aromatic carbocycles. The van der Waals surface area contributed by atoms with Crippen LogP contribution in [0.5, 0.6) is 5.75 Å². The zero-order valence-corrected chi connectivity index (χ0v) is 9.69. The summed E-state index contributed by atoms with van der Waals surface area (Å²) in [6, 6.07) is 4.95. The van der Waals surface area contributed by atoms with Gasteiger partial charge >= 0.3 is 5.97 Å². The molecule has 0 unspecified atom stereocenters. The lowest BCUT2D eigenvalue weighted by Crippen LogP contribution is -2.14. The van der Waals surface area contributed by atoms with Gasteiger partial charge in [0.15, 0.2) is 0 Å². The van der Waals surface area contributed by atoms with Gasteiger partial charge in [0.1, 0.15) is 5.75 Å². The third-order valence-electron chi connectivity index (χ3n) is 1.81. The van der Waals surface area contributed by atoms with E-state index in [4.69, 9.17) is 9.29 Å². The molecule has 0 fully saturated rings. The van der Waals surface area contributed by atoms with Crippen LogP contribution >= 0.6 is 0 Å². The third kappa shape index (κ3) is 3.32. The fourth-order valence-corrected chi connectivity index (χ4v) is 1.39. The second-order valence-corrected chi connectivity index (χ2v) is 4.94. The Morgan fingerprint density at radius 2 is 1.75 bits per heavy atom. The van der Waals surface area contributed by atoms with Crippen LogP contribution in [0.4, 0.5) is 0 Å². The van der Waals surface area contributed by atoms with Gasteiger partial charge in [0, 0.05) is 0 Å². The first-order valence-electron chi connectivity index (χ1n) is 4.60. The molecule has 0 bridgehead atoms. The van der Waals surface area contributed by atoms with Crippen molar-refractivity contribution in [1.82, 2.24) is 0 Å². The Bertz CT molecular complexity index is 472. The van der Waals surface area contributed by atoms with Crippen LogP contribution in [-0.4, -0.2) is 18.9 Å². The standard InChI is InChI=1S/C10H12O5S/c1-7(2)10(11)15-8-3-5-9(6-4-8)16(12,13)14/h3-7H,1-2H3,(H,12,13,14). The first kappa shape index (κ1) is 12.7. The highest BCUT2D eigenvalue weighted by molar-refractivity contribution is 7.85. The van der Waals surface area contributed by atoms with Crippen LogP contribution < -0.4 is 4.74 Å². The van der Waals surface area contributed by atoms with E-state index in [1.165, 1.54) is 12.1 Å². The van der Waals surface area contributed by atoms with Crippen molar-refractivity contribution in [3.8, 4) is 5.75 Å². The molecule has 0 heterocycles. The Morgan fingerprint density at radius 3 is 2.12 bits per heavy atom. The topological polar surface area (TPSA) is 80.7 Å². The van der Waals surface area contributed by atoms with Gasteiger partial charge in [-0.25, -0.2) is 0 Å². The lowest BCUT2D eigenvalue weighted by atomic mass is 10.2. The van der Waals surface area contributed by atoms with Gasteiger partial charge in [0.2, 0.25) is 0 Å². The summed E-state index contributed by atoms with van der Waals surface area (Å²) < 4.78 is 35.1. The molecular weight excluding hydrogens is 232 g/mol. The van der Waals surface area contributed by atoms with Gasteiger partial charge in [-0.15, -0.1) is 0 Å². The maximum atomic E-state index is 11.2. The molecular formula is C10H12O5S. The molecule has 1 rings (SSSR count). The minimum absolute atomic E-state index is 0.239. The molecule has 0 aromatic heterocycles. The highest BCUT2D eigenvalue weighted by Gasteiger charge is 2.12. The molecule has 0 aliphatic heterocycles. The van der Waals surface area contributed by atoms with E-state index in [9.17, 15) is 13.2 Å². The first-order chi connectivity index (χ1) is 7.30. The van der Waals surface area contributed by atoms with Crippen molar-refractivity contribution < 1.29 is 22.5 Å². The van der Waals surface area contributed by atoms with Crippen molar-refractivity contribution in [3.05, 3.63) is 24.3 Å². The molecule has 1 aromatic rings. The van der Waals surface area contributed by atoms with Gasteiger partial charge < -0.3 is 4.74 Å². The minimum atomic E-state index is -4.20. The van der Waals surface area contributed by atoms with E-state index in [1.807, 2.05) is 0 Å². The molecule has 1 N–H and O–H groups in total. The van der Waals surface area contributed by atoms with Gasteiger partial charge in [-0.1, -0.05) is 13.8 Å². The largest absolute Gasteiger partial charge is 0.426 e. The van der Waals surface area contributed by atoms with E-state index in [2.05, 4.69) is 0 Å². The van der Waals surface area contributed by atoms with Gasteiger partial charge in [0.25, 0.3) is 10.1 Å². The number of benzene rings is 1. The molecule has 0 atom stereocenters. The van der Waals surface area contributed by atoms with Crippen LogP contribution in [0.25, 0.3) is 0 Å². The van der Waals surface area contributed by atoms with E-state index < -0.39 is 16.1 Å². The summed E-state index contributed by atoms with van der Waals surface area (Å²) in [5.74, 6) is -0.424. The zero-order valence-electron chi connectivity index (χ0n) is 8.88. The minimum Gasteiger partial charge on any atom is -0.426 e. The molecule has 0 aliphatic carbocycles. The first-order valence-corrected chi connectivity index (χ1v) is 6.04. The molecule has 6 heteroatoms. The molecule has 0 amide bonds. The normalized spacial score (nSPS) is 11.5. The molecule has 0 saturated heterocycles. The Labute approximate surface area is 93.8 Å². The molecule has 16 heavy (non-hydrogen) atoms. The maximum Gasteiger partial charge on any atom is 0.313 e. The van der Waals surface area contributed by atoms with Crippen molar-refractivity contribution >= 4 is 16.1 Å². The number of hydrogen-bond acceptors (Lipinski definition) is 4. The van der Waals surface area contributed by atoms with E-state index >= 15 is 0 Å². The maximum absolute atomic E-state index is 11.2. The number of esters is 1. The average Bonchev–Trinajstić information content (AvgIpc) is 2.17. The number of rotatable bonds is 3. The Kier molecular flexibility index (Phi) is 3.66. The van der Waals surface area contributed by atoms with Gasteiger partial charge in [-0.3, -0.25) is 9.35 Å². The van der Waals surface area contributed by atoms with Crippen molar-refractivity contribution in [2.24, 2.45) is 5.92 Å². The van der Waals surface area contributed by atoms with Crippen molar-refractivity contribution in [2.75, 3.05) is 0 Å². The summed E-state index contributed by atoms with van der Waals surface area (Å²) in [5.41, 5.74) is 0. The fraction of sp³-hybridized carbons (Fsp3) is 0.300. The van der Waals surface area contributed by atoms with Crippen LogP contribution in [0.2, 0.25) is 0 Å². The van der Waals surface area contributed by atoms with Gasteiger partial charge in [0.05, 0.1) is 10.8 Å². The Balaban J connectivity index is 2.84. The summed E-state index contributed by atoms with van der Waals surface area (Å²) in [5, 5.41) is 0. The third-order valence-corrected chi connectivity index (χ3v) is 2.68. The van der Waals surface area contributed by atoms with Crippen LogP contribution in [-0.2, 0) is 14.9 Å². The molecule has 0 spiro atoms.